The van der Waals surface area contributed by atoms with Crippen LogP contribution in [-0.4, -0.2) is 33.9 Å². The first kappa shape index (κ1) is 10.1. The maximum atomic E-state index is 12.2. The Balaban J connectivity index is 3.52. The summed E-state index contributed by atoms with van der Waals surface area (Å²) >= 11 is -4.89. The Morgan fingerprint density at radius 2 is 2.06 bits per heavy atom. The second-order valence-electron chi connectivity index (χ2n) is 3.44. The Hall–Kier alpha value is -1.06. The van der Waals surface area contributed by atoms with Crippen LogP contribution in [-0.2, 0) is 7.67 Å². The summed E-state index contributed by atoms with van der Waals surface area (Å²) in [5.41, 5.74) is 0.435. The van der Waals surface area contributed by atoms with Gasteiger partial charge in [-0.05, 0) is 0 Å². The molecule has 0 bridgehead atoms. The molecule has 1 rings (SSSR count). The van der Waals surface area contributed by atoms with Crippen molar-refractivity contribution in [1.29, 1.82) is 0 Å². The van der Waals surface area contributed by atoms with Crippen molar-refractivity contribution in [3.05, 3.63) is 18.2 Å². The predicted molar refractivity (Wildman–Crippen MR) is 64.6 cm³/mol. The number of hydrogen-bond acceptors (Lipinski definition) is 4. The van der Waals surface area contributed by atoms with E-state index in [0.717, 1.165) is 6.92 Å². The zero-order valence-corrected chi connectivity index (χ0v) is 11.5. The molecule has 0 N–H and O–H groups in total. The van der Waals surface area contributed by atoms with E-state index in [9.17, 15) is 7.67 Å². The van der Waals surface area contributed by atoms with Gasteiger partial charge in [0.25, 0.3) is 0 Å². The fourth-order valence-electron chi connectivity index (χ4n) is 1.31. The molecule has 4 nitrogen and oxygen atoms in total. The van der Waals surface area contributed by atoms with E-state index in [0.29, 0.717) is 11.4 Å². The van der Waals surface area contributed by atoms with Gasteiger partial charge in [0, 0.05) is 0 Å². The third-order valence-electron chi connectivity index (χ3n) is 2.21. The molecule has 0 aliphatic rings. The molecule has 0 spiro atoms. The Morgan fingerprint density at radius 3 is 2.50 bits per heavy atom. The fraction of sp³-hybridized carbons (Fsp3) is 0.455. The van der Waals surface area contributed by atoms with Gasteiger partial charge < -0.3 is 0 Å². The van der Waals surface area contributed by atoms with E-state index in [1.54, 1.807) is 25.1 Å². The summed E-state index contributed by atoms with van der Waals surface area (Å²) < 4.78 is 44.4. The van der Waals surface area contributed by atoms with Crippen LogP contribution in [0.1, 0.15) is 9.67 Å². The molecule has 0 unspecified atom stereocenters. The number of methoxy groups -OCH3 is 1. The molecule has 90 valence electrons. The maximum absolute atomic E-state index is 12.2. The van der Waals surface area contributed by atoms with Crippen molar-refractivity contribution in [3.63, 3.8) is 0 Å². The Bertz CT molecular complexity index is 536. The van der Waals surface area contributed by atoms with Crippen molar-refractivity contribution >= 4 is 22.9 Å². The second-order valence-corrected chi connectivity index (χ2v) is 7.33. The summed E-state index contributed by atoms with van der Waals surface area (Å²) in [6.07, 6.45) is 0. The summed E-state index contributed by atoms with van der Waals surface area (Å²) in [5, 5.41) is -2.25. The van der Waals surface area contributed by atoms with Crippen molar-refractivity contribution in [3.8, 4) is 5.75 Å². The van der Waals surface area contributed by atoms with E-state index >= 15 is 0 Å². The molecule has 0 saturated carbocycles. The van der Waals surface area contributed by atoms with Crippen LogP contribution in [0.3, 0.4) is 0 Å². The molecular weight excluding hydrogens is 274 g/mol. The summed E-state index contributed by atoms with van der Waals surface area (Å²) in [6, 6.07) is 4.51. The van der Waals surface area contributed by atoms with Gasteiger partial charge in [-0.3, -0.25) is 0 Å². The average Bonchev–Trinajstić information content (AvgIpc) is 2.26. The molecule has 0 fully saturated rings. The molecular formula is C11H17NO3Se. The predicted octanol–water partition coefficient (Wildman–Crippen LogP) is 1.29. The van der Waals surface area contributed by atoms with Gasteiger partial charge >= 0.3 is 100 Å². The minimum absolute atomic E-state index is 0.0320. The first-order chi connectivity index (χ1) is 8.11. The van der Waals surface area contributed by atoms with Gasteiger partial charge in [0.1, 0.15) is 0 Å². The SMILES string of the molecule is [1H][13C]([1H])(C)[Se](=O)(=O)c1ccc(OC)cc1N(C)C. The van der Waals surface area contributed by atoms with Crippen LogP contribution in [0.4, 0.5) is 5.69 Å². The van der Waals surface area contributed by atoms with Gasteiger partial charge in [-0.25, -0.2) is 0 Å². The molecule has 0 aromatic heterocycles. The number of anilines is 1. The van der Waals surface area contributed by atoms with Crippen molar-refractivity contribution in [2.24, 2.45) is 0 Å². The molecule has 0 atom stereocenters. The number of hydrogen-bond donors (Lipinski definition) is 0. The van der Waals surface area contributed by atoms with E-state index in [4.69, 9.17) is 7.48 Å². The molecule has 0 aliphatic carbocycles. The summed E-state index contributed by atoms with van der Waals surface area (Å²) in [6.45, 7) is 1.07. The molecule has 0 radical (unpaired) electrons. The van der Waals surface area contributed by atoms with Gasteiger partial charge in [-0.2, -0.15) is 0 Å². The number of ether oxygens (including phenoxy) is 1. The molecule has 1 aromatic rings. The fourth-order valence-corrected chi connectivity index (χ4v) is 3.38. The topological polar surface area (TPSA) is 46.6 Å². The number of benzene rings is 1. The van der Waals surface area contributed by atoms with Gasteiger partial charge in [0.15, 0.2) is 0 Å². The Morgan fingerprint density at radius 1 is 1.44 bits per heavy atom. The van der Waals surface area contributed by atoms with Crippen LogP contribution in [0.2, 0.25) is 5.27 Å². The molecule has 0 aliphatic heterocycles. The Kier molecular flexibility index (Phi) is 3.07. The van der Waals surface area contributed by atoms with Gasteiger partial charge in [-0.1, -0.05) is 0 Å². The van der Waals surface area contributed by atoms with Gasteiger partial charge in [-0.15, -0.1) is 0 Å². The van der Waals surface area contributed by atoms with Crippen molar-refractivity contribution in [1.82, 2.24) is 0 Å². The minimum atomic E-state index is -4.89. The van der Waals surface area contributed by atoms with Crippen LogP contribution in [0.15, 0.2) is 18.2 Å². The van der Waals surface area contributed by atoms with Gasteiger partial charge in [0.05, 0.1) is 0 Å². The van der Waals surface area contributed by atoms with E-state index in [2.05, 4.69) is 0 Å². The molecule has 1 aromatic carbocycles. The number of rotatable bonds is 4. The Labute approximate surface area is 101 Å². The van der Waals surface area contributed by atoms with E-state index < -0.39 is 18.0 Å². The summed E-state index contributed by atoms with van der Waals surface area (Å²) in [7, 11) is 4.90. The summed E-state index contributed by atoms with van der Waals surface area (Å²) in [4.78, 5) is 1.63. The molecule has 0 saturated heterocycles. The second kappa shape index (κ2) is 4.85. The third kappa shape index (κ3) is 2.54. The zero-order chi connectivity index (χ0) is 14.1. The standard InChI is InChI=1S/C11H17NO3Se/c1-5-16(13,14)11-7-6-9(15-4)8-10(11)12(2)3/h6-8H,5H2,1-4H3/i5+1H2. The van der Waals surface area contributed by atoms with Crippen LogP contribution < -0.4 is 14.1 Å². The monoisotopic (exact) mass is 292 g/mol. The van der Waals surface area contributed by atoms with Crippen molar-refractivity contribution < 1.29 is 15.1 Å². The first-order valence-corrected chi connectivity index (χ1v) is 7.82. The van der Waals surface area contributed by atoms with Crippen LogP contribution >= 0.6 is 0 Å². The van der Waals surface area contributed by atoms with Crippen molar-refractivity contribution in [2.75, 3.05) is 26.1 Å². The zero-order valence-electron chi connectivity index (χ0n) is 11.8. The van der Waals surface area contributed by atoms with Gasteiger partial charge in [0.2, 0.25) is 0 Å². The molecule has 5 heteroatoms. The molecule has 0 heterocycles. The number of nitrogens with zero attached hydrogens (tertiary/aromatic N) is 1. The first-order valence-electron chi connectivity index (χ1n) is 5.71. The quantitative estimate of drug-likeness (QED) is 0.619. The normalized spacial score (nSPS) is 14.0. The van der Waals surface area contributed by atoms with E-state index in [-0.39, 0.29) is 4.46 Å². The molecule has 0 amide bonds. The summed E-state index contributed by atoms with van der Waals surface area (Å²) in [5.74, 6) is 0.534. The average molecular weight is 291 g/mol. The van der Waals surface area contributed by atoms with E-state index in [1.807, 2.05) is 0 Å². The third-order valence-corrected chi connectivity index (χ3v) is 5.27. The van der Waals surface area contributed by atoms with E-state index in [1.165, 1.54) is 19.2 Å². The van der Waals surface area contributed by atoms with Crippen LogP contribution in [0.5, 0.6) is 5.75 Å². The molecule has 16 heavy (non-hydrogen) atoms. The van der Waals surface area contributed by atoms with Crippen LogP contribution in [0.25, 0.3) is 0 Å². The van der Waals surface area contributed by atoms with Crippen molar-refractivity contribution in [2.45, 2.75) is 12.2 Å². The van der Waals surface area contributed by atoms with Crippen LogP contribution in [0, 0.1) is 0 Å².